The van der Waals surface area contributed by atoms with Crippen molar-refractivity contribution in [3.63, 3.8) is 0 Å². The van der Waals surface area contributed by atoms with E-state index in [2.05, 4.69) is 9.80 Å². The molecule has 0 unspecified atom stereocenters. The van der Waals surface area contributed by atoms with Gasteiger partial charge in [0.25, 0.3) is 0 Å². The lowest BCUT2D eigenvalue weighted by molar-refractivity contribution is 0.125. The molecule has 0 atom stereocenters. The Bertz CT molecular complexity index is 375. The highest BCUT2D eigenvalue weighted by Crippen LogP contribution is 2.12. The molecule has 19 heavy (non-hydrogen) atoms. The summed E-state index contributed by atoms with van der Waals surface area (Å²) in [5.41, 5.74) is 6.31. The van der Waals surface area contributed by atoms with E-state index in [0.29, 0.717) is 0 Å². The quantitative estimate of drug-likeness (QED) is 0.794. The van der Waals surface area contributed by atoms with Crippen LogP contribution in [0.15, 0.2) is 24.3 Å². The second-order valence-corrected chi connectivity index (χ2v) is 5.20. The van der Waals surface area contributed by atoms with Gasteiger partial charge in [-0.3, -0.25) is 4.90 Å². The van der Waals surface area contributed by atoms with Crippen LogP contribution in [-0.4, -0.2) is 49.1 Å². The molecule has 4 heteroatoms. The summed E-state index contributed by atoms with van der Waals surface area (Å²) < 4.78 is 13.6. The van der Waals surface area contributed by atoms with Gasteiger partial charge in [-0.2, -0.15) is 0 Å². The Morgan fingerprint density at radius 2 is 1.68 bits per heavy atom. The molecule has 0 aliphatic carbocycles. The molecule has 0 amide bonds. The van der Waals surface area contributed by atoms with Gasteiger partial charge >= 0.3 is 0 Å². The number of hydrogen-bond donors (Lipinski definition) is 1. The zero-order chi connectivity index (χ0) is 13.5. The number of nitrogens with two attached hydrogens (primary N) is 1. The predicted octanol–water partition coefficient (Wildman–Crippen LogP) is 1.68. The SMILES string of the molecule is NCCCCN1CCN(Cc2ccccc2F)CC1. The van der Waals surface area contributed by atoms with Gasteiger partial charge < -0.3 is 10.6 Å². The molecule has 2 rings (SSSR count). The summed E-state index contributed by atoms with van der Waals surface area (Å²) in [6, 6.07) is 7.07. The Morgan fingerprint density at radius 3 is 2.37 bits per heavy atom. The van der Waals surface area contributed by atoms with Crippen molar-refractivity contribution in [3.8, 4) is 0 Å². The van der Waals surface area contributed by atoms with Crippen LogP contribution in [0.1, 0.15) is 18.4 Å². The number of halogens is 1. The lowest BCUT2D eigenvalue weighted by Crippen LogP contribution is -2.46. The highest BCUT2D eigenvalue weighted by Gasteiger charge is 2.17. The molecular weight excluding hydrogens is 241 g/mol. The summed E-state index contributed by atoms with van der Waals surface area (Å²) in [4.78, 5) is 4.81. The van der Waals surface area contributed by atoms with Crippen molar-refractivity contribution >= 4 is 0 Å². The number of nitrogens with zero attached hydrogens (tertiary/aromatic N) is 2. The average molecular weight is 265 g/mol. The minimum absolute atomic E-state index is 0.0899. The maximum atomic E-state index is 13.6. The zero-order valence-corrected chi connectivity index (χ0v) is 11.5. The molecule has 1 aliphatic rings. The van der Waals surface area contributed by atoms with Crippen molar-refractivity contribution < 1.29 is 4.39 Å². The summed E-state index contributed by atoms with van der Waals surface area (Å²) >= 11 is 0. The van der Waals surface area contributed by atoms with Crippen LogP contribution < -0.4 is 5.73 Å². The standard InChI is InChI=1S/C15H24FN3/c16-15-6-2-1-5-14(15)13-19-11-9-18(10-12-19)8-4-3-7-17/h1-2,5-6H,3-4,7-13,17H2. The van der Waals surface area contributed by atoms with Crippen molar-refractivity contribution in [2.45, 2.75) is 19.4 Å². The van der Waals surface area contributed by atoms with E-state index in [1.54, 1.807) is 12.1 Å². The number of rotatable bonds is 6. The summed E-state index contributed by atoms with van der Waals surface area (Å²) in [6.45, 7) is 6.87. The molecule has 2 N–H and O–H groups in total. The van der Waals surface area contributed by atoms with Gasteiger partial charge in [-0.05, 0) is 32.0 Å². The highest BCUT2D eigenvalue weighted by molar-refractivity contribution is 5.17. The van der Waals surface area contributed by atoms with E-state index in [0.717, 1.165) is 57.8 Å². The fourth-order valence-corrected chi connectivity index (χ4v) is 2.52. The van der Waals surface area contributed by atoms with Gasteiger partial charge in [0.1, 0.15) is 5.82 Å². The summed E-state index contributed by atoms with van der Waals surface area (Å²) in [6.07, 6.45) is 2.29. The van der Waals surface area contributed by atoms with Gasteiger partial charge in [-0.1, -0.05) is 18.2 Å². The largest absolute Gasteiger partial charge is 0.330 e. The third-order valence-corrected chi connectivity index (χ3v) is 3.75. The van der Waals surface area contributed by atoms with Gasteiger partial charge in [0.05, 0.1) is 0 Å². The van der Waals surface area contributed by atoms with Crippen LogP contribution in [0.5, 0.6) is 0 Å². The fourth-order valence-electron chi connectivity index (χ4n) is 2.52. The highest BCUT2D eigenvalue weighted by atomic mass is 19.1. The van der Waals surface area contributed by atoms with Gasteiger partial charge in [-0.25, -0.2) is 4.39 Å². The maximum absolute atomic E-state index is 13.6. The van der Waals surface area contributed by atoms with Gasteiger partial charge in [-0.15, -0.1) is 0 Å². The van der Waals surface area contributed by atoms with E-state index < -0.39 is 0 Å². The van der Waals surface area contributed by atoms with E-state index in [-0.39, 0.29) is 5.82 Å². The van der Waals surface area contributed by atoms with Crippen LogP contribution in [0.25, 0.3) is 0 Å². The van der Waals surface area contributed by atoms with Gasteiger partial charge in [0.15, 0.2) is 0 Å². The molecule has 0 radical (unpaired) electrons. The first-order valence-electron chi connectivity index (χ1n) is 7.18. The molecule has 0 aromatic heterocycles. The van der Waals surface area contributed by atoms with Gasteiger partial charge in [0, 0.05) is 38.3 Å². The fraction of sp³-hybridized carbons (Fsp3) is 0.600. The molecule has 1 heterocycles. The van der Waals surface area contributed by atoms with Crippen molar-refractivity contribution in [3.05, 3.63) is 35.6 Å². The minimum Gasteiger partial charge on any atom is -0.330 e. The summed E-state index contributed by atoms with van der Waals surface area (Å²) in [5, 5.41) is 0. The third kappa shape index (κ3) is 4.56. The number of benzene rings is 1. The van der Waals surface area contributed by atoms with Crippen LogP contribution >= 0.6 is 0 Å². The van der Waals surface area contributed by atoms with Crippen LogP contribution in [0.3, 0.4) is 0 Å². The molecule has 1 aliphatic heterocycles. The van der Waals surface area contributed by atoms with E-state index in [1.165, 1.54) is 6.42 Å². The lowest BCUT2D eigenvalue weighted by Gasteiger charge is -2.34. The third-order valence-electron chi connectivity index (χ3n) is 3.75. The topological polar surface area (TPSA) is 32.5 Å². The second-order valence-electron chi connectivity index (χ2n) is 5.20. The van der Waals surface area contributed by atoms with E-state index in [9.17, 15) is 4.39 Å². The molecule has 0 bridgehead atoms. The van der Waals surface area contributed by atoms with Gasteiger partial charge in [0.2, 0.25) is 0 Å². The molecule has 3 nitrogen and oxygen atoms in total. The second kappa shape index (κ2) is 7.58. The molecule has 0 spiro atoms. The first-order valence-corrected chi connectivity index (χ1v) is 7.18. The molecular formula is C15H24FN3. The normalized spacial score (nSPS) is 17.8. The van der Waals surface area contributed by atoms with Crippen LogP contribution in [0, 0.1) is 5.82 Å². The Balaban J connectivity index is 1.73. The smallest absolute Gasteiger partial charge is 0.127 e. The number of hydrogen-bond acceptors (Lipinski definition) is 3. The Kier molecular flexibility index (Phi) is 5.76. The maximum Gasteiger partial charge on any atom is 0.127 e. The predicted molar refractivity (Wildman–Crippen MR) is 76.4 cm³/mol. The summed E-state index contributed by atoms with van der Waals surface area (Å²) in [7, 11) is 0. The molecule has 1 aromatic rings. The van der Waals surface area contributed by atoms with Crippen LogP contribution in [0.4, 0.5) is 4.39 Å². The molecule has 1 fully saturated rings. The average Bonchev–Trinajstić information content (AvgIpc) is 2.44. The zero-order valence-electron chi connectivity index (χ0n) is 11.5. The van der Waals surface area contributed by atoms with Crippen LogP contribution in [-0.2, 0) is 6.54 Å². The van der Waals surface area contributed by atoms with Crippen molar-refractivity contribution in [2.75, 3.05) is 39.3 Å². The first-order chi connectivity index (χ1) is 9.29. The van der Waals surface area contributed by atoms with Crippen molar-refractivity contribution in [1.29, 1.82) is 0 Å². The summed E-state index contributed by atoms with van der Waals surface area (Å²) in [5.74, 6) is -0.0899. The Morgan fingerprint density at radius 1 is 1.00 bits per heavy atom. The Labute approximate surface area is 115 Å². The first kappa shape index (κ1) is 14.4. The van der Waals surface area contributed by atoms with Crippen molar-refractivity contribution in [2.24, 2.45) is 5.73 Å². The number of piperazine rings is 1. The minimum atomic E-state index is -0.0899. The van der Waals surface area contributed by atoms with Crippen LogP contribution in [0.2, 0.25) is 0 Å². The van der Waals surface area contributed by atoms with E-state index in [1.807, 2.05) is 12.1 Å². The molecule has 106 valence electrons. The molecule has 0 saturated carbocycles. The lowest BCUT2D eigenvalue weighted by atomic mass is 10.2. The molecule has 1 saturated heterocycles. The van der Waals surface area contributed by atoms with Crippen molar-refractivity contribution in [1.82, 2.24) is 9.80 Å². The van der Waals surface area contributed by atoms with E-state index >= 15 is 0 Å². The van der Waals surface area contributed by atoms with E-state index in [4.69, 9.17) is 5.73 Å². The monoisotopic (exact) mass is 265 g/mol. The molecule has 1 aromatic carbocycles. The Hall–Kier alpha value is -0.970. The number of unbranched alkanes of at least 4 members (excludes halogenated alkanes) is 1.